The second kappa shape index (κ2) is 17.6. The molecule has 1 aliphatic rings. The fraction of sp³-hybridized carbons (Fsp3) is 0.163. The molecule has 0 bridgehead atoms. The Morgan fingerprint density at radius 3 is 1.70 bits per heavy atom. The van der Waals surface area contributed by atoms with Crippen LogP contribution in [-0.4, -0.2) is 60.1 Å². The maximum atomic E-state index is 13.9. The highest BCUT2D eigenvalue weighted by Crippen LogP contribution is 2.33. The summed E-state index contributed by atoms with van der Waals surface area (Å²) in [6.07, 6.45) is -4.76. The van der Waals surface area contributed by atoms with Crippen molar-refractivity contribution in [1.29, 1.82) is 0 Å². The predicted octanol–water partition coefficient (Wildman–Crippen LogP) is 7.84. The highest BCUT2D eigenvalue weighted by Gasteiger charge is 2.52. The third-order valence-corrected chi connectivity index (χ3v) is 9.43. The van der Waals surface area contributed by atoms with Crippen LogP contribution in [0.5, 0.6) is 0 Å². The molecule has 0 radical (unpaired) electrons. The molecule has 1 N–H and O–H groups in total. The van der Waals surface area contributed by atoms with E-state index in [1.54, 1.807) is 91.0 Å². The molecule has 54 heavy (non-hydrogen) atoms. The number of thiazole rings is 1. The van der Waals surface area contributed by atoms with Crippen molar-refractivity contribution in [2.45, 2.75) is 37.3 Å². The number of nitrogens with one attached hydrogen (secondary N) is 1. The average Bonchev–Trinajstić information content (AvgIpc) is 3.71. The third kappa shape index (κ3) is 9.07. The monoisotopic (exact) mass is 740 g/mol. The van der Waals surface area contributed by atoms with E-state index >= 15 is 0 Å². The molecule has 1 fully saturated rings. The van der Waals surface area contributed by atoms with Crippen molar-refractivity contribution in [2.24, 2.45) is 0 Å². The van der Waals surface area contributed by atoms with E-state index in [1.807, 2.05) is 66.0 Å². The van der Waals surface area contributed by atoms with Crippen LogP contribution in [-0.2, 0) is 30.3 Å². The van der Waals surface area contributed by atoms with Crippen LogP contribution in [0.1, 0.15) is 36.6 Å². The Morgan fingerprint density at radius 1 is 0.630 bits per heavy atom. The molecule has 1 aliphatic heterocycles. The zero-order valence-electron chi connectivity index (χ0n) is 28.9. The Balaban J connectivity index is 1.27. The topological polar surface area (TPSA) is 122 Å². The predicted molar refractivity (Wildman–Crippen MR) is 203 cm³/mol. The Bertz CT molecular complexity index is 2120. The van der Waals surface area contributed by atoms with Gasteiger partial charge in [0.1, 0.15) is 18.8 Å². The molecule has 0 saturated carbocycles. The summed E-state index contributed by atoms with van der Waals surface area (Å²) >= 11 is 1.35. The Hall–Kier alpha value is -6.14. The second-order valence-electron chi connectivity index (χ2n) is 12.3. The summed E-state index contributed by atoms with van der Waals surface area (Å²) in [5, 5.41) is 5.79. The number of esters is 3. The molecular formula is C43H36N2O8S. The van der Waals surface area contributed by atoms with E-state index in [4.69, 9.17) is 28.7 Å². The average molecular weight is 741 g/mol. The summed E-state index contributed by atoms with van der Waals surface area (Å²) in [5.74, 6) is -1.96. The van der Waals surface area contributed by atoms with Gasteiger partial charge in [0, 0.05) is 10.9 Å². The van der Waals surface area contributed by atoms with Crippen LogP contribution in [0, 0.1) is 0 Å². The first-order chi connectivity index (χ1) is 26.5. The van der Waals surface area contributed by atoms with Gasteiger partial charge in [-0.15, -0.1) is 11.3 Å². The largest absolute Gasteiger partial charge is 0.459 e. The van der Waals surface area contributed by atoms with Gasteiger partial charge in [-0.25, -0.2) is 19.4 Å². The Kier molecular flexibility index (Phi) is 11.8. The highest BCUT2D eigenvalue weighted by atomic mass is 32.1. The molecule has 1 saturated heterocycles. The minimum absolute atomic E-state index is 0.126. The van der Waals surface area contributed by atoms with E-state index in [0.717, 1.165) is 16.8 Å². The van der Waals surface area contributed by atoms with Gasteiger partial charge in [0.2, 0.25) is 0 Å². The lowest BCUT2D eigenvalue weighted by Crippen LogP contribution is -2.64. The number of hydrogen-bond donors (Lipinski definition) is 1. The van der Waals surface area contributed by atoms with Crippen molar-refractivity contribution < 1.29 is 38.1 Å². The lowest BCUT2D eigenvalue weighted by molar-refractivity contribution is -0.264. The maximum absolute atomic E-state index is 13.9. The molecule has 5 atom stereocenters. The fourth-order valence-corrected chi connectivity index (χ4v) is 6.71. The second-order valence-corrected chi connectivity index (χ2v) is 13.2. The molecule has 272 valence electrons. The van der Waals surface area contributed by atoms with Crippen molar-refractivity contribution in [3.05, 3.63) is 179 Å². The number of anilines is 1. The first-order valence-electron chi connectivity index (χ1n) is 17.3. The molecule has 10 nitrogen and oxygen atoms in total. The number of carbonyl (C=O) groups excluding carboxylic acids is 3. The fourth-order valence-electron chi connectivity index (χ4n) is 5.94. The molecule has 1 aromatic heterocycles. The highest BCUT2D eigenvalue weighted by molar-refractivity contribution is 7.14. The zero-order chi connectivity index (χ0) is 37.1. The first kappa shape index (κ1) is 36.2. The molecule has 6 aromatic rings. The van der Waals surface area contributed by atoms with Crippen molar-refractivity contribution in [3.8, 4) is 11.3 Å². The number of nitrogens with zero attached hydrogens (tertiary/aromatic N) is 1. The van der Waals surface area contributed by atoms with Crippen LogP contribution < -0.4 is 5.32 Å². The van der Waals surface area contributed by atoms with E-state index in [-0.39, 0.29) is 24.3 Å². The summed E-state index contributed by atoms with van der Waals surface area (Å²) < 4.78 is 31.3. The summed E-state index contributed by atoms with van der Waals surface area (Å²) in [6, 6.07) is 43.7. The maximum Gasteiger partial charge on any atom is 0.338 e. The molecule has 0 spiro atoms. The van der Waals surface area contributed by atoms with Gasteiger partial charge in [0.15, 0.2) is 23.6 Å². The minimum atomic E-state index is -1.28. The van der Waals surface area contributed by atoms with Crippen molar-refractivity contribution in [1.82, 2.24) is 4.98 Å². The lowest BCUT2D eigenvalue weighted by atomic mass is 9.96. The molecule has 11 heteroatoms. The van der Waals surface area contributed by atoms with Gasteiger partial charge < -0.3 is 29.0 Å². The van der Waals surface area contributed by atoms with Crippen LogP contribution in [0.2, 0.25) is 0 Å². The smallest absolute Gasteiger partial charge is 0.338 e. The van der Waals surface area contributed by atoms with Crippen molar-refractivity contribution in [3.63, 3.8) is 0 Å². The molecule has 7 rings (SSSR count). The summed E-state index contributed by atoms with van der Waals surface area (Å²) in [7, 11) is 0. The van der Waals surface area contributed by atoms with Gasteiger partial charge in [0.25, 0.3) is 0 Å². The molecule has 2 heterocycles. The molecule has 0 aliphatic carbocycles. The summed E-state index contributed by atoms with van der Waals surface area (Å²) in [4.78, 5) is 45.6. The van der Waals surface area contributed by atoms with Crippen LogP contribution >= 0.6 is 11.3 Å². The van der Waals surface area contributed by atoms with Gasteiger partial charge in [0.05, 0.1) is 29.0 Å². The first-order valence-corrected chi connectivity index (χ1v) is 18.2. The van der Waals surface area contributed by atoms with Gasteiger partial charge in [-0.2, -0.15) is 0 Å². The Morgan fingerprint density at radius 2 is 1.13 bits per heavy atom. The van der Waals surface area contributed by atoms with Crippen LogP contribution in [0.3, 0.4) is 0 Å². The van der Waals surface area contributed by atoms with E-state index < -0.39 is 48.6 Å². The lowest BCUT2D eigenvalue weighted by Gasteiger charge is -2.45. The van der Waals surface area contributed by atoms with Crippen LogP contribution in [0.15, 0.2) is 157 Å². The number of ether oxygens (including phenoxy) is 5. The van der Waals surface area contributed by atoms with Gasteiger partial charge in [-0.3, -0.25) is 0 Å². The normalized spacial score (nSPS) is 19.3. The molecule has 0 unspecified atom stereocenters. The van der Waals surface area contributed by atoms with Crippen LogP contribution in [0.25, 0.3) is 11.3 Å². The van der Waals surface area contributed by atoms with Gasteiger partial charge in [-0.05, 0) is 42.0 Å². The number of rotatable bonds is 13. The third-order valence-electron chi connectivity index (χ3n) is 8.66. The molecule has 5 aromatic carbocycles. The summed E-state index contributed by atoms with van der Waals surface area (Å²) in [6.45, 7) is -0.228. The number of benzene rings is 5. The van der Waals surface area contributed by atoms with E-state index in [1.165, 1.54) is 11.3 Å². The van der Waals surface area contributed by atoms with Crippen molar-refractivity contribution >= 4 is 34.4 Å². The standard InChI is InChI=1S/C43H36N2O8S/c46-39(31-20-10-3-11-21-31)49-27-35-37(52-40(47)32-22-12-4-13-23-32)38(53-41(48)33-24-14-5-15-25-33)36(42(51-35)50-26-29-16-6-1-7-17-29)45-43-44-34(28-54-43)30-18-8-2-9-19-30/h1-25,28,35-38,42H,26-27H2,(H,44,45)/t35-,36-,37-,38-,42-/m1/s1. The molecule has 0 amide bonds. The number of carbonyl (C=O) groups is 3. The zero-order valence-corrected chi connectivity index (χ0v) is 29.8. The van der Waals surface area contributed by atoms with E-state index in [2.05, 4.69) is 5.32 Å². The van der Waals surface area contributed by atoms with Crippen molar-refractivity contribution in [2.75, 3.05) is 11.9 Å². The van der Waals surface area contributed by atoms with Gasteiger partial charge in [-0.1, -0.05) is 115 Å². The summed E-state index contributed by atoms with van der Waals surface area (Å²) in [5.41, 5.74) is 3.39. The number of aromatic nitrogens is 1. The SMILES string of the molecule is O=C(OC[C@H]1O[C@@H](OCc2ccccc2)[C@H](Nc2nc(-c3ccccc3)cs2)[C@@H](OC(=O)c2ccccc2)[C@@H]1OC(=O)c1ccccc1)c1ccccc1. The van der Waals surface area contributed by atoms with Crippen LogP contribution in [0.4, 0.5) is 5.13 Å². The minimum Gasteiger partial charge on any atom is -0.459 e. The van der Waals surface area contributed by atoms with E-state index in [0.29, 0.717) is 10.7 Å². The quantitative estimate of drug-likeness (QED) is 0.0926. The number of hydrogen-bond acceptors (Lipinski definition) is 11. The van der Waals surface area contributed by atoms with Gasteiger partial charge >= 0.3 is 17.9 Å². The molecular weight excluding hydrogens is 705 g/mol. The Labute approximate surface area is 316 Å². The van der Waals surface area contributed by atoms with E-state index in [9.17, 15) is 14.4 Å².